The third-order valence-electron chi connectivity index (χ3n) is 2.31. The van der Waals surface area contributed by atoms with Crippen LogP contribution in [0.1, 0.15) is 17.3 Å². The molecule has 9 heteroatoms. The minimum absolute atomic E-state index is 0.0253. The summed E-state index contributed by atoms with van der Waals surface area (Å²) in [7, 11) is 0. The molecule has 2 N–H and O–H groups in total. The Morgan fingerprint density at radius 1 is 1.50 bits per heavy atom. The molecule has 0 aromatic carbocycles. The lowest BCUT2D eigenvalue weighted by atomic mass is 10.2. The van der Waals surface area contributed by atoms with Gasteiger partial charge in [0.25, 0.3) is 0 Å². The summed E-state index contributed by atoms with van der Waals surface area (Å²) in [5, 5.41) is 13.3. The molecule has 7 nitrogen and oxygen atoms in total. The first-order valence-electron chi connectivity index (χ1n) is 5.60. The Morgan fingerprint density at radius 2 is 2.25 bits per heavy atom. The maximum atomic E-state index is 11.8. The molecule has 0 atom stereocenters. The molecular formula is C11H10ClN3O4S. The van der Waals surface area contributed by atoms with Crippen molar-refractivity contribution < 1.29 is 19.4 Å². The van der Waals surface area contributed by atoms with E-state index in [-0.39, 0.29) is 29.8 Å². The first kappa shape index (κ1) is 14.5. The van der Waals surface area contributed by atoms with Crippen LogP contribution in [-0.2, 0) is 9.53 Å². The first-order chi connectivity index (χ1) is 9.52. The number of rotatable bonds is 5. The van der Waals surface area contributed by atoms with E-state index in [0.29, 0.717) is 10.2 Å². The molecule has 0 fully saturated rings. The van der Waals surface area contributed by atoms with Crippen LogP contribution < -0.4 is 5.32 Å². The molecule has 0 unspecified atom stereocenters. The highest BCUT2D eigenvalue weighted by molar-refractivity contribution is 7.17. The second-order valence-electron chi connectivity index (χ2n) is 3.64. The van der Waals surface area contributed by atoms with Gasteiger partial charge in [0.05, 0.1) is 17.6 Å². The molecule has 106 valence electrons. The van der Waals surface area contributed by atoms with Crippen molar-refractivity contribution in [1.29, 1.82) is 0 Å². The number of carboxylic acid groups (broad SMARTS) is 1. The van der Waals surface area contributed by atoms with Crippen LogP contribution in [0.5, 0.6) is 0 Å². The van der Waals surface area contributed by atoms with Crippen molar-refractivity contribution in [3.63, 3.8) is 0 Å². The smallest absolute Gasteiger partial charge is 0.339 e. The van der Waals surface area contributed by atoms with E-state index < -0.39 is 11.9 Å². The number of nitrogens with zero attached hydrogens (tertiary/aromatic N) is 2. The Bertz CT molecular complexity index is 673. The number of ether oxygens (including phenoxy) is 1. The van der Waals surface area contributed by atoms with Crippen molar-refractivity contribution in [2.45, 2.75) is 6.92 Å². The maximum absolute atomic E-state index is 11.8. The summed E-state index contributed by atoms with van der Waals surface area (Å²) in [5.41, 5.74) is 0.288. The van der Waals surface area contributed by atoms with Crippen LogP contribution in [0.3, 0.4) is 0 Å². The molecule has 20 heavy (non-hydrogen) atoms. The SMILES string of the molecule is CCOC(=O)c1csc2nc(Cl)nc(NCC(=O)O)c12. The van der Waals surface area contributed by atoms with E-state index in [9.17, 15) is 9.59 Å². The summed E-state index contributed by atoms with van der Waals surface area (Å²) < 4.78 is 4.94. The van der Waals surface area contributed by atoms with Gasteiger partial charge in [-0.15, -0.1) is 11.3 Å². The predicted octanol–water partition coefficient (Wildman–Crippen LogP) is 2.02. The van der Waals surface area contributed by atoms with Gasteiger partial charge >= 0.3 is 11.9 Å². The monoisotopic (exact) mass is 315 g/mol. The molecule has 0 saturated heterocycles. The number of carbonyl (C=O) groups excluding carboxylic acids is 1. The Labute approximate surface area is 122 Å². The van der Waals surface area contributed by atoms with Crippen molar-refractivity contribution in [2.24, 2.45) is 0 Å². The second-order valence-corrected chi connectivity index (χ2v) is 4.83. The zero-order chi connectivity index (χ0) is 14.7. The molecule has 0 aliphatic carbocycles. The first-order valence-corrected chi connectivity index (χ1v) is 6.86. The topological polar surface area (TPSA) is 101 Å². The van der Waals surface area contributed by atoms with Crippen LogP contribution in [0.4, 0.5) is 5.82 Å². The van der Waals surface area contributed by atoms with E-state index in [1.807, 2.05) is 0 Å². The third-order valence-corrected chi connectivity index (χ3v) is 3.35. The normalized spacial score (nSPS) is 10.5. The summed E-state index contributed by atoms with van der Waals surface area (Å²) in [4.78, 5) is 30.9. The van der Waals surface area contributed by atoms with Gasteiger partial charge in [0.1, 0.15) is 17.2 Å². The van der Waals surface area contributed by atoms with Crippen LogP contribution in [0, 0.1) is 0 Å². The number of thiophene rings is 1. The third kappa shape index (κ3) is 2.97. The molecular weight excluding hydrogens is 306 g/mol. The predicted molar refractivity (Wildman–Crippen MR) is 74.5 cm³/mol. The Morgan fingerprint density at radius 3 is 2.90 bits per heavy atom. The van der Waals surface area contributed by atoms with E-state index in [2.05, 4.69) is 15.3 Å². The molecule has 0 amide bonds. The van der Waals surface area contributed by atoms with Crippen molar-refractivity contribution >= 4 is 50.9 Å². The van der Waals surface area contributed by atoms with Gasteiger partial charge in [0.2, 0.25) is 5.28 Å². The average Bonchev–Trinajstić information content (AvgIpc) is 2.79. The number of carbonyl (C=O) groups is 2. The molecule has 2 aromatic heterocycles. The lowest BCUT2D eigenvalue weighted by Gasteiger charge is -2.06. The lowest BCUT2D eigenvalue weighted by molar-refractivity contribution is -0.134. The van der Waals surface area contributed by atoms with Gasteiger partial charge in [-0.05, 0) is 18.5 Å². The zero-order valence-corrected chi connectivity index (χ0v) is 11.9. The van der Waals surface area contributed by atoms with Crippen molar-refractivity contribution in [3.05, 3.63) is 16.2 Å². The summed E-state index contributed by atoms with van der Waals surface area (Å²) in [6, 6.07) is 0. The lowest BCUT2D eigenvalue weighted by Crippen LogP contribution is -2.14. The van der Waals surface area contributed by atoms with Crippen molar-refractivity contribution in [3.8, 4) is 0 Å². The number of carboxylic acids is 1. The van der Waals surface area contributed by atoms with Gasteiger partial charge in [-0.25, -0.2) is 14.8 Å². The van der Waals surface area contributed by atoms with Crippen LogP contribution in [0.25, 0.3) is 10.2 Å². The number of anilines is 1. The summed E-state index contributed by atoms with van der Waals surface area (Å²) in [6.07, 6.45) is 0. The molecule has 0 aliphatic heterocycles. The minimum Gasteiger partial charge on any atom is -0.480 e. The van der Waals surface area contributed by atoms with Crippen LogP contribution in [0.15, 0.2) is 5.38 Å². The van der Waals surface area contributed by atoms with Gasteiger partial charge in [-0.1, -0.05) is 0 Å². The Hall–Kier alpha value is -1.93. The minimum atomic E-state index is -1.05. The fraction of sp³-hybridized carbons (Fsp3) is 0.273. The van der Waals surface area contributed by atoms with E-state index in [0.717, 1.165) is 0 Å². The standard InChI is InChI=1S/C11H10ClN3O4S/c1-2-19-10(18)5-4-20-9-7(5)8(13-3-6(16)17)14-11(12)15-9/h4H,2-3H2,1H3,(H,16,17)(H,13,14,15). The highest BCUT2D eigenvalue weighted by atomic mass is 35.5. The Kier molecular flexibility index (Phi) is 4.35. The molecule has 0 aliphatic rings. The molecule has 2 heterocycles. The largest absolute Gasteiger partial charge is 0.480 e. The second kappa shape index (κ2) is 6.02. The van der Waals surface area contributed by atoms with Crippen molar-refractivity contribution in [2.75, 3.05) is 18.5 Å². The summed E-state index contributed by atoms with van der Waals surface area (Å²) in [6.45, 7) is 1.59. The molecule has 0 bridgehead atoms. The van der Waals surface area contributed by atoms with Gasteiger partial charge in [-0.2, -0.15) is 0 Å². The number of hydrogen-bond donors (Lipinski definition) is 2. The average molecular weight is 316 g/mol. The number of hydrogen-bond acceptors (Lipinski definition) is 7. The highest BCUT2D eigenvalue weighted by Crippen LogP contribution is 2.31. The van der Waals surface area contributed by atoms with Crippen LogP contribution in [0.2, 0.25) is 5.28 Å². The number of halogens is 1. The number of aliphatic carboxylic acids is 1. The maximum Gasteiger partial charge on any atom is 0.339 e. The molecule has 0 saturated carbocycles. The van der Waals surface area contributed by atoms with Gasteiger partial charge < -0.3 is 15.2 Å². The van der Waals surface area contributed by atoms with E-state index in [1.165, 1.54) is 11.3 Å². The molecule has 0 spiro atoms. The summed E-state index contributed by atoms with van der Waals surface area (Å²) >= 11 is 6.98. The Balaban J connectivity index is 2.50. The highest BCUT2D eigenvalue weighted by Gasteiger charge is 2.19. The molecule has 0 radical (unpaired) electrons. The zero-order valence-electron chi connectivity index (χ0n) is 10.3. The molecule has 2 aromatic rings. The summed E-state index contributed by atoms with van der Waals surface area (Å²) in [5.74, 6) is -1.37. The quantitative estimate of drug-likeness (QED) is 0.643. The number of fused-ring (bicyclic) bond motifs is 1. The van der Waals surface area contributed by atoms with E-state index in [4.69, 9.17) is 21.4 Å². The van der Waals surface area contributed by atoms with Crippen LogP contribution >= 0.6 is 22.9 Å². The van der Waals surface area contributed by atoms with Gasteiger partial charge in [-0.3, -0.25) is 4.79 Å². The number of nitrogens with one attached hydrogen (secondary N) is 1. The van der Waals surface area contributed by atoms with E-state index >= 15 is 0 Å². The van der Waals surface area contributed by atoms with Crippen molar-refractivity contribution in [1.82, 2.24) is 9.97 Å². The van der Waals surface area contributed by atoms with Crippen LogP contribution in [-0.4, -0.2) is 40.2 Å². The van der Waals surface area contributed by atoms with Gasteiger partial charge in [0, 0.05) is 5.38 Å². The number of aromatic nitrogens is 2. The van der Waals surface area contributed by atoms with Gasteiger partial charge in [0.15, 0.2) is 0 Å². The van der Waals surface area contributed by atoms with E-state index in [1.54, 1.807) is 12.3 Å². The fourth-order valence-electron chi connectivity index (χ4n) is 1.56. The molecule has 2 rings (SSSR count). The fourth-order valence-corrected chi connectivity index (χ4v) is 2.69. The number of esters is 1.